The summed E-state index contributed by atoms with van der Waals surface area (Å²) < 4.78 is 1.47. The average molecular weight is 255 g/mol. The van der Waals surface area contributed by atoms with Gasteiger partial charge < -0.3 is 11.1 Å². The van der Waals surface area contributed by atoms with E-state index in [0.717, 1.165) is 5.56 Å². The van der Waals surface area contributed by atoms with Crippen LogP contribution >= 0.6 is 0 Å². The molecule has 0 aliphatic carbocycles. The summed E-state index contributed by atoms with van der Waals surface area (Å²) in [5.41, 5.74) is 7.49. The van der Waals surface area contributed by atoms with Crippen molar-refractivity contribution in [2.75, 3.05) is 5.73 Å². The zero-order valence-electron chi connectivity index (χ0n) is 10.2. The highest BCUT2D eigenvalue weighted by Crippen LogP contribution is 2.03. The van der Waals surface area contributed by atoms with Crippen molar-refractivity contribution >= 4 is 11.6 Å². The van der Waals surface area contributed by atoms with Gasteiger partial charge in [-0.25, -0.2) is 0 Å². The van der Waals surface area contributed by atoms with Crippen LogP contribution < -0.4 is 11.1 Å². The molecule has 1 heterocycles. The first-order chi connectivity index (χ1) is 9.17. The molecule has 0 radical (unpaired) electrons. The van der Waals surface area contributed by atoms with E-state index in [9.17, 15) is 4.79 Å². The van der Waals surface area contributed by atoms with Crippen LogP contribution in [0.5, 0.6) is 0 Å². The molecule has 0 saturated carbocycles. The number of nitriles is 1. The zero-order chi connectivity index (χ0) is 13.7. The molecule has 0 aliphatic rings. The Hall–Kier alpha value is -2.81. The maximum atomic E-state index is 11.7. The van der Waals surface area contributed by atoms with Gasteiger partial charge in [0.15, 0.2) is 0 Å². The molecule has 1 amide bonds. The molecule has 0 fully saturated rings. The van der Waals surface area contributed by atoms with Crippen LogP contribution in [0.15, 0.2) is 36.7 Å². The Bertz CT molecular complexity index is 626. The summed E-state index contributed by atoms with van der Waals surface area (Å²) >= 11 is 0. The maximum Gasteiger partial charge on any atom is 0.241 e. The van der Waals surface area contributed by atoms with Gasteiger partial charge >= 0.3 is 0 Å². The van der Waals surface area contributed by atoms with E-state index in [1.165, 1.54) is 10.9 Å². The summed E-state index contributed by atoms with van der Waals surface area (Å²) in [6, 6.07) is 9.16. The van der Waals surface area contributed by atoms with Crippen LogP contribution in [0, 0.1) is 11.3 Å². The summed E-state index contributed by atoms with van der Waals surface area (Å²) in [6.45, 7) is 0.500. The van der Waals surface area contributed by atoms with Crippen molar-refractivity contribution in [2.45, 2.75) is 13.1 Å². The van der Waals surface area contributed by atoms with Crippen LogP contribution in [0.3, 0.4) is 0 Å². The second-order valence-corrected chi connectivity index (χ2v) is 4.06. The van der Waals surface area contributed by atoms with Gasteiger partial charge in [0.1, 0.15) is 6.54 Å². The van der Waals surface area contributed by atoms with E-state index in [4.69, 9.17) is 11.0 Å². The fraction of sp³-hybridized carbons (Fsp3) is 0.154. The lowest BCUT2D eigenvalue weighted by Crippen LogP contribution is -2.27. The molecular weight excluding hydrogens is 242 g/mol. The fourth-order valence-corrected chi connectivity index (χ4v) is 1.62. The van der Waals surface area contributed by atoms with Crippen molar-refractivity contribution in [1.29, 1.82) is 5.26 Å². The number of nitrogens with zero attached hydrogens (tertiary/aromatic N) is 3. The second kappa shape index (κ2) is 5.69. The first kappa shape index (κ1) is 12.6. The van der Waals surface area contributed by atoms with Gasteiger partial charge in [0.25, 0.3) is 0 Å². The highest BCUT2D eigenvalue weighted by molar-refractivity contribution is 5.75. The van der Waals surface area contributed by atoms with Gasteiger partial charge in [-0.1, -0.05) is 12.1 Å². The largest absolute Gasteiger partial charge is 0.396 e. The van der Waals surface area contributed by atoms with E-state index < -0.39 is 0 Å². The van der Waals surface area contributed by atoms with Gasteiger partial charge in [-0.05, 0) is 17.7 Å². The van der Waals surface area contributed by atoms with Crippen molar-refractivity contribution in [2.24, 2.45) is 0 Å². The number of amides is 1. The zero-order valence-corrected chi connectivity index (χ0v) is 10.2. The molecule has 0 spiro atoms. The minimum absolute atomic E-state index is 0.120. The predicted molar refractivity (Wildman–Crippen MR) is 69.6 cm³/mol. The second-order valence-electron chi connectivity index (χ2n) is 4.06. The molecule has 19 heavy (non-hydrogen) atoms. The van der Waals surface area contributed by atoms with Crippen LogP contribution in [0.2, 0.25) is 0 Å². The van der Waals surface area contributed by atoms with E-state index in [-0.39, 0.29) is 12.5 Å². The monoisotopic (exact) mass is 255 g/mol. The SMILES string of the molecule is N#Cc1cccc(CNC(=O)Cn2cc(N)cn2)c1. The van der Waals surface area contributed by atoms with E-state index in [2.05, 4.69) is 16.5 Å². The Morgan fingerprint density at radius 2 is 2.37 bits per heavy atom. The number of carbonyl (C=O) groups is 1. The molecule has 0 unspecified atom stereocenters. The lowest BCUT2D eigenvalue weighted by Gasteiger charge is -2.05. The van der Waals surface area contributed by atoms with Crippen LogP contribution in [-0.2, 0) is 17.9 Å². The summed E-state index contributed by atoms with van der Waals surface area (Å²) in [6.07, 6.45) is 3.08. The van der Waals surface area contributed by atoms with Gasteiger partial charge in [0, 0.05) is 12.7 Å². The highest BCUT2D eigenvalue weighted by Gasteiger charge is 2.04. The normalized spacial score (nSPS) is 9.84. The van der Waals surface area contributed by atoms with Gasteiger partial charge in [-0.15, -0.1) is 0 Å². The van der Waals surface area contributed by atoms with E-state index in [0.29, 0.717) is 17.8 Å². The number of nitrogens with two attached hydrogens (primary N) is 1. The summed E-state index contributed by atoms with van der Waals surface area (Å²) in [5.74, 6) is -0.162. The highest BCUT2D eigenvalue weighted by atomic mass is 16.2. The molecule has 6 nitrogen and oxygen atoms in total. The molecule has 0 bridgehead atoms. The predicted octanol–water partition coefficient (Wildman–Crippen LogP) is 0.653. The molecule has 3 N–H and O–H groups in total. The van der Waals surface area contributed by atoms with E-state index in [1.54, 1.807) is 24.4 Å². The van der Waals surface area contributed by atoms with E-state index >= 15 is 0 Å². The van der Waals surface area contributed by atoms with Crippen LogP contribution in [0.4, 0.5) is 5.69 Å². The first-order valence-corrected chi connectivity index (χ1v) is 5.71. The number of nitrogen functional groups attached to an aromatic ring is 1. The first-order valence-electron chi connectivity index (χ1n) is 5.71. The molecular formula is C13H13N5O. The van der Waals surface area contributed by atoms with Gasteiger partial charge in [0.2, 0.25) is 5.91 Å². The van der Waals surface area contributed by atoms with Crippen molar-refractivity contribution < 1.29 is 4.79 Å². The van der Waals surface area contributed by atoms with Crippen LogP contribution in [0.1, 0.15) is 11.1 Å². The van der Waals surface area contributed by atoms with E-state index in [1.807, 2.05) is 6.07 Å². The number of hydrogen-bond acceptors (Lipinski definition) is 4. The Morgan fingerprint density at radius 1 is 1.53 bits per heavy atom. The number of benzene rings is 1. The Balaban J connectivity index is 1.88. The summed E-state index contributed by atoms with van der Waals surface area (Å²) in [4.78, 5) is 11.7. The van der Waals surface area contributed by atoms with Crippen LogP contribution in [-0.4, -0.2) is 15.7 Å². The number of carbonyl (C=O) groups excluding carboxylic acids is 1. The molecule has 2 rings (SSSR count). The molecule has 2 aromatic rings. The smallest absolute Gasteiger partial charge is 0.241 e. The third-order valence-corrected chi connectivity index (χ3v) is 2.50. The molecule has 6 heteroatoms. The minimum Gasteiger partial charge on any atom is -0.396 e. The molecule has 0 saturated heterocycles. The third kappa shape index (κ3) is 3.57. The average Bonchev–Trinajstić information content (AvgIpc) is 2.82. The number of nitrogens with one attached hydrogen (secondary N) is 1. The number of hydrogen-bond donors (Lipinski definition) is 2. The van der Waals surface area contributed by atoms with Crippen LogP contribution in [0.25, 0.3) is 0 Å². The molecule has 96 valence electrons. The molecule has 0 atom stereocenters. The van der Waals surface area contributed by atoms with Crippen molar-refractivity contribution in [3.8, 4) is 6.07 Å². The topological polar surface area (TPSA) is 96.7 Å². The Labute approximate surface area is 110 Å². The Kier molecular flexibility index (Phi) is 3.78. The van der Waals surface area contributed by atoms with Gasteiger partial charge in [-0.3, -0.25) is 9.48 Å². The third-order valence-electron chi connectivity index (χ3n) is 2.50. The quantitative estimate of drug-likeness (QED) is 0.838. The number of aromatic nitrogens is 2. The van der Waals surface area contributed by atoms with Crippen molar-refractivity contribution in [3.63, 3.8) is 0 Å². The van der Waals surface area contributed by atoms with Crippen molar-refractivity contribution in [3.05, 3.63) is 47.8 Å². The molecule has 0 aliphatic heterocycles. The standard InChI is InChI=1S/C13H13N5O/c14-5-10-2-1-3-11(4-10)6-16-13(19)9-18-8-12(15)7-17-18/h1-4,7-8H,6,9,15H2,(H,16,19). The Morgan fingerprint density at radius 3 is 3.05 bits per heavy atom. The molecule has 1 aromatic carbocycles. The van der Waals surface area contributed by atoms with Gasteiger partial charge in [-0.2, -0.15) is 10.4 Å². The van der Waals surface area contributed by atoms with Crippen molar-refractivity contribution in [1.82, 2.24) is 15.1 Å². The minimum atomic E-state index is -0.162. The maximum absolute atomic E-state index is 11.7. The van der Waals surface area contributed by atoms with Gasteiger partial charge in [0.05, 0.1) is 23.5 Å². The summed E-state index contributed by atoms with van der Waals surface area (Å²) in [7, 11) is 0. The fourth-order valence-electron chi connectivity index (χ4n) is 1.62. The number of anilines is 1. The lowest BCUT2D eigenvalue weighted by molar-refractivity contribution is -0.122. The lowest BCUT2D eigenvalue weighted by atomic mass is 10.1. The molecule has 1 aromatic heterocycles. The number of rotatable bonds is 4. The summed E-state index contributed by atoms with van der Waals surface area (Å²) in [5, 5.41) is 15.5.